The summed E-state index contributed by atoms with van der Waals surface area (Å²) in [7, 11) is 0. The Morgan fingerprint density at radius 3 is 2.65 bits per heavy atom. The quantitative estimate of drug-likeness (QED) is 0.745. The van der Waals surface area contributed by atoms with Gasteiger partial charge >= 0.3 is 6.03 Å². The van der Waals surface area contributed by atoms with Gasteiger partial charge in [-0.1, -0.05) is 30.0 Å². The van der Waals surface area contributed by atoms with Gasteiger partial charge in [-0.2, -0.15) is 0 Å². The summed E-state index contributed by atoms with van der Waals surface area (Å²) in [4.78, 5) is 35.6. The molecule has 4 rings (SSSR count). The Bertz CT molecular complexity index is 999. The molecule has 2 aromatic rings. The third-order valence-electron chi connectivity index (χ3n) is 5.45. The van der Waals surface area contributed by atoms with Crippen molar-refractivity contribution in [3.63, 3.8) is 0 Å². The second kappa shape index (κ2) is 8.97. The number of urea groups is 1. The number of carbonyl (C=O) groups is 2. The number of allylic oxidation sites excluding steroid dienone is 1. The Hall–Kier alpha value is -3.07. The van der Waals surface area contributed by atoms with E-state index in [9.17, 15) is 14.0 Å². The van der Waals surface area contributed by atoms with Gasteiger partial charge in [0.2, 0.25) is 0 Å². The van der Waals surface area contributed by atoms with Crippen molar-refractivity contribution in [1.82, 2.24) is 19.7 Å². The zero-order chi connectivity index (χ0) is 22.0. The van der Waals surface area contributed by atoms with E-state index in [4.69, 9.17) is 5.73 Å². The first kappa shape index (κ1) is 21.2. The third-order valence-corrected chi connectivity index (χ3v) is 6.90. The highest BCUT2D eigenvalue weighted by molar-refractivity contribution is 8.04. The van der Waals surface area contributed by atoms with Gasteiger partial charge in [0.1, 0.15) is 5.82 Å². The standard InChI is InChI=1S/C22H24FN5O2S/c1-15-19(20(24)29)31-22(28(15)14-17-4-2-9-25-12-17)27-11-3-10-26(21(27)30)13-16-5-7-18(23)8-6-16/h2,4-9,12,22H,3,10-11,13-14H2,1H3,(H2,24,29). The highest BCUT2D eigenvalue weighted by Crippen LogP contribution is 2.41. The van der Waals surface area contributed by atoms with E-state index in [-0.39, 0.29) is 17.3 Å². The second-order valence-electron chi connectivity index (χ2n) is 7.59. The van der Waals surface area contributed by atoms with Crippen molar-refractivity contribution in [3.05, 3.63) is 76.3 Å². The minimum absolute atomic E-state index is 0.109. The summed E-state index contributed by atoms with van der Waals surface area (Å²) in [5.74, 6) is -0.793. The van der Waals surface area contributed by atoms with Crippen molar-refractivity contribution in [2.75, 3.05) is 13.1 Å². The Morgan fingerprint density at radius 2 is 1.97 bits per heavy atom. The normalized spacial score (nSPS) is 19.4. The molecule has 2 aliphatic heterocycles. The summed E-state index contributed by atoms with van der Waals surface area (Å²) < 4.78 is 13.2. The molecule has 3 amide bonds. The molecule has 1 saturated heterocycles. The zero-order valence-corrected chi connectivity index (χ0v) is 18.0. The molecule has 1 unspecified atom stereocenters. The van der Waals surface area contributed by atoms with Crippen molar-refractivity contribution in [1.29, 1.82) is 0 Å². The Labute approximate surface area is 184 Å². The van der Waals surface area contributed by atoms with E-state index < -0.39 is 5.91 Å². The zero-order valence-electron chi connectivity index (χ0n) is 17.2. The predicted octanol–water partition coefficient (Wildman–Crippen LogP) is 3.10. The first-order valence-corrected chi connectivity index (χ1v) is 10.9. The van der Waals surface area contributed by atoms with Crippen LogP contribution in [0, 0.1) is 5.82 Å². The summed E-state index contributed by atoms with van der Waals surface area (Å²) >= 11 is 1.31. The maximum Gasteiger partial charge on any atom is 0.322 e. The van der Waals surface area contributed by atoms with Gasteiger partial charge in [0.15, 0.2) is 5.50 Å². The predicted molar refractivity (Wildman–Crippen MR) is 117 cm³/mol. The monoisotopic (exact) mass is 441 g/mol. The summed E-state index contributed by atoms with van der Waals surface area (Å²) in [6.07, 6.45) is 4.28. The van der Waals surface area contributed by atoms with Crippen LogP contribution in [0.4, 0.5) is 9.18 Å². The summed E-state index contributed by atoms with van der Waals surface area (Å²) in [6.45, 7) is 3.98. The number of benzene rings is 1. The fourth-order valence-corrected chi connectivity index (χ4v) is 5.17. The smallest absolute Gasteiger partial charge is 0.322 e. The molecule has 2 aliphatic rings. The minimum atomic E-state index is -0.492. The number of halogens is 1. The molecule has 0 radical (unpaired) electrons. The number of pyridine rings is 1. The fourth-order valence-electron chi connectivity index (χ4n) is 3.87. The number of hydrogen-bond donors (Lipinski definition) is 1. The van der Waals surface area contributed by atoms with Crippen molar-refractivity contribution in [2.45, 2.75) is 31.9 Å². The van der Waals surface area contributed by atoms with Crippen LogP contribution in [0.3, 0.4) is 0 Å². The van der Waals surface area contributed by atoms with Gasteiger partial charge in [-0.25, -0.2) is 9.18 Å². The van der Waals surface area contributed by atoms with E-state index in [0.717, 1.165) is 23.2 Å². The largest absolute Gasteiger partial charge is 0.365 e. The lowest BCUT2D eigenvalue weighted by atomic mass is 10.2. The van der Waals surface area contributed by atoms with E-state index >= 15 is 0 Å². The molecule has 31 heavy (non-hydrogen) atoms. The van der Waals surface area contributed by atoms with Crippen molar-refractivity contribution >= 4 is 23.7 Å². The SMILES string of the molecule is CC1=C(C(N)=O)SC(N2CCCN(Cc3ccc(F)cc3)C2=O)N1Cc1cccnc1. The van der Waals surface area contributed by atoms with Crippen LogP contribution in [0.25, 0.3) is 0 Å². The fraction of sp³-hybridized carbons (Fsp3) is 0.318. The van der Waals surface area contributed by atoms with Crippen molar-refractivity contribution in [2.24, 2.45) is 5.73 Å². The lowest BCUT2D eigenvalue weighted by molar-refractivity contribution is -0.114. The molecule has 7 nitrogen and oxygen atoms in total. The first-order valence-electron chi connectivity index (χ1n) is 10.1. The molecule has 1 aromatic heterocycles. The van der Waals surface area contributed by atoms with Gasteiger partial charge in [-0.3, -0.25) is 14.7 Å². The highest BCUT2D eigenvalue weighted by Gasteiger charge is 2.41. The van der Waals surface area contributed by atoms with Crippen LogP contribution >= 0.6 is 11.8 Å². The number of thioether (sulfide) groups is 1. The van der Waals surface area contributed by atoms with Crippen LogP contribution in [0.1, 0.15) is 24.5 Å². The van der Waals surface area contributed by atoms with Gasteiger partial charge in [0.25, 0.3) is 5.91 Å². The van der Waals surface area contributed by atoms with Crippen molar-refractivity contribution < 1.29 is 14.0 Å². The van der Waals surface area contributed by atoms with Crippen LogP contribution in [0.15, 0.2) is 59.4 Å². The molecule has 0 aliphatic carbocycles. The molecule has 1 atom stereocenters. The number of carbonyl (C=O) groups excluding carboxylic acids is 2. The number of hydrogen-bond acceptors (Lipinski definition) is 5. The van der Waals surface area contributed by atoms with E-state index in [1.165, 1.54) is 23.9 Å². The van der Waals surface area contributed by atoms with Gasteiger partial charge in [-0.15, -0.1) is 0 Å². The van der Waals surface area contributed by atoms with Gasteiger partial charge in [0.05, 0.1) is 4.91 Å². The molecule has 3 heterocycles. The maximum absolute atomic E-state index is 13.4. The number of nitrogens with zero attached hydrogens (tertiary/aromatic N) is 4. The Kier molecular flexibility index (Phi) is 6.13. The third kappa shape index (κ3) is 4.51. The Morgan fingerprint density at radius 1 is 1.19 bits per heavy atom. The average Bonchev–Trinajstić information content (AvgIpc) is 3.08. The minimum Gasteiger partial charge on any atom is -0.365 e. The highest BCUT2D eigenvalue weighted by atomic mass is 32.2. The summed E-state index contributed by atoms with van der Waals surface area (Å²) in [5, 5.41) is 0. The van der Waals surface area contributed by atoms with Crippen LogP contribution in [0.5, 0.6) is 0 Å². The number of amides is 3. The van der Waals surface area contributed by atoms with E-state index in [1.807, 2.05) is 24.0 Å². The number of nitrogens with two attached hydrogens (primary N) is 1. The Balaban J connectivity index is 1.56. The molecule has 9 heteroatoms. The topological polar surface area (TPSA) is 82.8 Å². The molecule has 2 N–H and O–H groups in total. The molecular weight excluding hydrogens is 417 g/mol. The molecule has 1 fully saturated rings. The van der Waals surface area contributed by atoms with Crippen LogP contribution < -0.4 is 5.73 Å². The lowest BCUT2D eigenvalue weighted by Gasteiger charge is -2.42. The number of aromatic nitrogens is 1. The van der Waals surface area contributed by atoms with Crippen LogP contribution in [-0.4, -0.2) is 50.2 Å². The van der Waals surface area contributed by atoms with Crippen LogP contribution in [-0.2, 0) is 17.9 Å². The summed E-state index contributed by atoms with van der Waals surface area (Å²) in [5.41, 5.74) is 7.85. The molecule has 162 valence electrons. The average molecular weight is 442 g/mol. The number of rotatable bonds is 6. The molecule has 0 saturated carbocycles. The summed E-state index contributed by atoms with van der Waals surface area (Å²) in [6, 6.07) is 9.89. The van der Waals surface area contributed by atoms with Gasteiger partial charge in [-0.05, 0) is 42.7 Å². The maximum atomic E-state index is 13.4. The van der Waals surface area contributed by atoms with Gasteiger partial charge in [0, 0.05) is 44.3 Å². The van der Waals surface area contributed by atoms with Crippen molar-refractivity contribution in [3.8, 4) is 0 Å². The van der Waals surface area contributed by atoms with E-state index in [0.29, 0.717) is 31.1 Å². The first-order chi connectivity index (χ1) is 14.9. The lowest BCUT2D eigenvalue weighted by Crippen LogP contribution is -2.55. The van der Waals surface area contributed by atoms with Crippen LogP contribution in [0.2, 0.25) is 0 Å². The van der Waals surface area contributed by atoms with E-state index in [1.54, 1.807) is 34.3 Å². The number of primary amides is 1. The van der Waals surface area contributed by atoms with E-state index in [2.05, 4.69) is 4.98 Å². The molecule has 0 bridgehead atoms. The molecule has 1 aromatic carbocycles. The second-order valence-corrected chi connectivity index (χ2v) is 8.66. The van der Waals surface area contributed by atoms with Gasteiger partial charge < -0.3 is 15.5 Å². The molecular formula is C22H24FN5O2S. The molecule has 0 spiro atoms.